The largest absolute Gasteiger partial charge is 0.459 e. The highest BCUT2D eigenvalue weighted by Crippen LogP contribution is 2.21. The van der Waals surface area contributed by atoms with Crippen molar-refractivity contribution in [2.75, 3.05) is 6.54 Å². The molecule has 4 rings (SSSR count). The maximum absolute atomic E-state index is 12.6. The van der Waals surface area contributed by atoms with Crippen LogP contribution in [-0.4, -0.2) is 39.1 Å². The van der Waals surface area contributed by atoms with Gasteiger partial charge < -0.3 is 14.6 Å². The summed E-state index contributed by atoms with van der Waals surface area (Å²) in [5.41, 5.74) is 1.95. The molecule has 3 aromatic rings. The Kier molecular flexibility index (Phi) is 4.74. The van der Waals surface area contributed by atoms with Crippen LogP contribution in [0.1, 0.15) is 29.0 Å². The number of carbonyl (C=O) groups excluding carboxylic acids is 2. The van der Waals surface area contributed by atoms with Gasteiger partial charge in [-0.1, -0.05) is 12.1 Å². The summed E-state index contributed by atoms with van der Waals surface area (Å²) in [6.07, 6.45) is 6.54. The fraction of sp³-hybridized carbons (Fsp3) is 0.250. The molecule has 1 aliphatic rings. The lowest BCUT2D eigenvalue weighted by Crippen LogP contribution is -2.45. The average molecular weight is 364 g/mol. The van der Waals surface area contributed by atoms with E-state index in [0.29, 0.717) is 19.5 Å². The molecule has 138 valence electrons. The molecule has 0 saturated carbocycles. The first-order valence-electron chi connectivity index (χ1n) is 8.93. The maximum atomic E-state index is 12.6. The average Bonchev–Trinajstić information content (AvgIpc) is 3.47. The van der Waals surface area contributed by atoms with Crippen molar-refractivity contribution in [3.05, 3.63) is 72.4 Å². The molecule has 1 fully saturated rings. The standard InChI is InChI=1S/C20H20N4O3/c25-19(17-4-1-11-23(17)20(26)18-5-2-13-27-18)21-14-15-6-8-16(9-7-15)24-12-3-10-22-24/h2-3,5-10,12-13,17H,1,4,11,14H2,(H,21,25)/t17-/m0/s1. The highest BCUT2D eigenvalue weighted by atomic mass is 16.3. The number of hydrogen-bond acceptors (Lipinski definition) is 4. The van der Waals surface area contributed by atoms with Gasteiger partial charge in [0.15, 0.2) is 5.76 Å². The minimum atomic E-state index is -0.453. The molecule has 3 heterocycles. The molecule has 0 aliphatic carbocycles. The molecule has 7 heteroatoms. The molecule has 0 unspecified atom stereocenters. The van der Waals surface area contributed by atoms with E-state index in [2.05, 4.69) is 10.4 Å². The number of benzene rings is 1. The molecule has 1 aromatic carbocycles. The predicted octanol–water partition coefficient (Wildman–Crippen LogP) is 2.39. The van der Waals surface area contributed by atoms with Crippen LogP contribution in [0.5, 0.6) is 0 Å². The van der Waals surface area contributed by atoms with E-state index < -0.39 is 6.04 Å². The summed E-state index contributed by atoms with van der Waals surface area (Å²) in [6, 6.07) is 12.5. The first-order chi connectivity index (χ1) is 13.2. The number of aromatic nitrogens is 2. The second-order valence-electron chi connectivity index (χ2n) is 6.47. The van der Waals surface area contributed by atoms with Crippen LogP contribution in [0.2, 0.25) is 0 Å². The quantitative estimate of drug-likeness (QED) is 0.754. The normalized spacial score (nSPS) is 16.4. The number of rotatable bonds is 5. The zero-order valence-corrected chi connectivity index (χ0v) is 14.7. The van der Waals surface area contributed by atoms with Crippen molar-refractivity contribution >= 4 is 11.8 Å². The monoisotopic (exact) mass is 364 g/mol. The Bertz CT molecular complexity index is 901. The fourth-order valence-electron chi connectivity index (χ4n) is 3.32. The van der Waals surface area contributed by atoms with Gasteiger partial charge in [0.1, 0.15) is 6.04 Å². The Hall–Kier alpha value is -3.35. The number of hydrogen-bond donors (Lipinski definition) is 1. The third-order valence-corrected chi connectivity index (χ3v) is 4.72. The first-order valence-corrected chi connectivity index (χ1v) is 8.93. The summed E-state index contributed by atoms with van der Waals surface area (Å²) in [4.78, 5) is 26.7. The second kappa shape index (κ2) is 7.49. The Morgan fingerprint density at radius 3 is 2.74 bits per heavy atom. The molecular formula is C20H20N4O3. The van der Waals surface area contributed by atoms with E-state index in [9.17, 15) is 9.59 Å². The van der Waals surface area contributed by atoms with Crippen LogP contribution in [-0.2, 0) is 11.3 Å². The SMILES string of the molecule is O=C(NCc1ccc(-n2cccn2)cc1)[C@@H]1CCCN1C(=O)c1ccco1. The summed E-state index contributed by atoms with van der Waals surface area (Å²) in [5.74, 6) is -0.103. The molecule has 0 spiro atoms. The predicted molar refractivity (Wildman–Crippen MR) is 98.2 cm³/mol. The van der Waals surface area contributed by atoms with Crippen molar-refractivity contribution in [2.24, 2.45) is 0 Å². The van der Waals surface area contributed by atoms with Gasteiger partial charge in [-0.15, -0.1) is 0 Å². The van der Waals surface area contributed by atoms with Gasteiger partial charge in [-0.25, -0.2) is 4.68 Å². The lowest BCUT2D eigenvalue weighted by Gasteiger charge is -2.23. The van der Waals surface area contributed by atoms with Gasteiger partial charge in [0.25, 0.3) is 5.91 Å². The van der Waals surface area contributed by atoms with E-state index in [-0.39, 0.29) is 17.6 Å². The molecule has 0 bridgehead atoms. The molecule has 1 aliphatic heterocycles. The van der Waals surface area contributed by atoms with Gasteiger partial charge in [0.2, 0.25) is 5.91 Å². The minimum Gasteiger partial charge on any atom is -0.459 e. The molecule has 2 aromatic heterocycles. The minimum absolute atomic E-state index is 0.136. The van der Waals surface area contributed by atoms with Crippen LogP contribution in [0.3, 0.4) is 0 Å². The molecule has 1 N–H and O–H groups in total. The Morgan fingerprint density at radius 1 is 1.19 bits per heavy atom. The number of nitrogens with zero attached hydrogens (tertiary/aromatic N) is 3. The number of furan rings is 1. The van der Waals surface area contributed by atoms with Crippen molar-refractivity contribution in [1.82, 2.24) is 20.0 Å². The molecule has 7 nitrogen and oxygen atoms in total. The van der Waals surface area contributed by atoms with Gasteiger partial charge >= 0.3 is 0 Å². The third kappa shape index (κ3) is 3.62. The molecule has 1 atom stereocenters. The Balaban J connectivity index is 1.36. The van der Waals surface area contributed by atoms with Crippen LogP contribution in [0.4, 0.5) is 0 Å². The van der Waals surface area contributed by atoms with Crippen molar-refractivity contribution in [3.63, 3.8) is 0 Å². The Labute approximate surface area is 156 Å². The first kappa shape index (κ1) is 17.1. The van der Waals surface area contributed by atoms with Crippen molar-refractivity contribution in [1.29, 1.82) is 0 Å². The number of likely N-dealkylation sites (tertiary alicyclic amines) is 1. The topological polar surface area (TPSA) is 80.4 Å². The summed E-state index contributed by atoms with van der Waals surface area (Å²) in [5, 5.41) is 7.13. The molecule has 1 saturated heterocycles. The molecule has 2 amide bonds. The van der Waals surface area contributed by atoms with Crippen molar-refractivity contribution < 1.29 is 14.0 Å². The smallest absolute Gasteiger partial charge is 0.290 e. The van der Waals surface area contributed by atoms with E-state index >= 15 is 0 Å². The van der Waals surface area contributed by atoms with Gasteiger partial charge in [0.05, 0.1) is 12.0 Å². The lowest BCUT2D eigenvalue weighted by atomic mass is 10.1. The Morgan fingerprint density at radius 2 is 2.04 bits per heavy atom. The zero-order valence-electron chi connectivity index (χ0n) is 14.7. The van der Waals surface area contributed by atoms with Gasteiger partial charge in [-0.05, 0) is 48.7 Å². The molecule has 27 heavy (non-hydrogen) atoms. The van der Waals surface area contributed by atoms with Crippen molar-refractivity contribution in [3.8, 4) is 5.69 Å². The molecule has 0 radical (unpaired) electrons. The van der Waals surface area contributed by atoms with Crippen LogP contribution < -0.4 is 5.32 Å². The fourth-order valence-corrected chi connectivity index (χ4v) is 3.32. The van der Waals surface area contributed by atoms with E-state index in [0.717, 1.165) is 17.7 Å². The van der Waals surface area contributed by atoms with Crippen molar-refractivity contribution in [2.45, 2.75) is 25.4 Å². The number of nitrogens with one attached hydrogen (secondary N) is 1. The van der Waals surface area contributed by atoms with E-state index in [4.69, 9.17) is 4.42 Å². The van der Waals surface area contributed by atoms with Crippen LogP contribution in [0.15, 0.2) is 65.5 Å². The van der Waals surface area contributed by atoms with Crippen LogP contribution in [0, 0.1) is 0 Å². The van der Waals surface area contributed by atoms with Gasteiger partial charge in [-0.2, -0.15) is 5.10 Å². The second-order valence-corrected chi connectivity index (χ2v) is 6.47. The summed E-state index contributed by atoms with van der Waals surface area (Å²) >= 11 is 0. The summed E-state index contributed by atoms with van der Waals surface area (Å²) in [6.45, 7) is 0.980. The zero-order chi connectivity index (χ0) is 18.6. The van der Waals surface area contributed by atoms with E-state index in [1.807, 2.05) is 36.5 Å². The van der Waals surface area contributed by atoms with E-state index in [1.165, 1.54) is 6.26 Å². The van der Waals surface area contributed by atoms with E-state index in [1.54, 1.807) is 27.9 Å². The molecular weight excluding hydrogens is 344 g/mol. The van der Waals surface area contributed by atoms with Crippen LogP contribution >= 0.6 is 0 Å². The van der Waals surface area contributed by atoms with Gasteiger partial charge in [0, 0.05) is 25.5 Å². The summed E-state index contributed by atoms with van der Waals surface area (Å²) in [7, 11) is 0. The van der Waals surface area contributed by atoms with Crippen LogP contribution in [0.25, 0.3) is 5.69 Å². The highest BCUT2D eigenvalue weighted by molar-refractivity contribution is 5.95. The maximum Gasteiger partial charge on any atom is 0.290 e. The highest BCUT2D eigenvalue weighted by Gasteiger charge is 2.35. The lowest BCUT2D eigenvalue weighted by molar-refractivity contribution is -0.125. The number of carbonyl (C=O) groups is 2. The number of amides is 2. The van der Waals surface area contributed by atoms with Gasteiger partial charge in [-0.3, -0.25) is 9.59 Å². The summed E-state index contributed by atoms with van der Waals surface area (Å²) < 4.78 is 6.95. The third-order valence-electron chi connectivity index (χ3n) is 4.72.